The van der Waals surface area contributed by atoms with Crippen LogP contribution in [0.3, 0.4) is 0 Å². The first kappa shape index (κ1) is 18.6. The number of methoxy groups -OCH3 is 1. The van der Waals surface area contributed by atoms with E-state index in [4.69, 9.17) is 4.74 Å². The van der Waals surface area contributed by atoms with E-state index in [1.54, 1.807) is 19.2 Å². The van der Waals surface area contributed by atoms with E-state index >= 15 is 0 Å². The Hall–Kier alpha value is -0.450. The number of hydrogen-bond acceptors (Lipinski definition) is 2. The normalized spacial score (nSPS) is 15.0. The number of hydrogen-bond donors (Lipinski definition) is 1. The third-order valence-electron chi connectivity index (χ3n) is 3.58. The highest BCUT2D eigenvalue weighted by molar-refractivity contribution is 9.10. The van der Waals surface area contributed by atoms with E-state index < -0.39 is 0 Å². The van der Waals surface area contributed by atoms with E-state index in [0.717, 1.165) is 29.4 Å². The largest absolute Gasteiger partial charge is 0.379 e. The average molecular weight is 360 g/mol. The molecule has 1 N–H and O–H groups in total. The molecule has 0 fully saturated rings. The first-order chi connectivity index (χ1) is 9.79. The summed E-state index contributed by atoms with van der Waals surface area (Å²) in [6.07, 6.45) is 1.84. The third-order valence-corrected chi connectivity index (χ3v) is 4.35. The van der Waals surface area contributed by atoms with Crippen molar-refractivity contribution in [3.05, 3.63) is 34.1 Å². The summed E-state index contributed by atoms with van der Waals surface area (Å²) < 4.78 is 20.2. The smallest absolute Gasteiger partial charge is 0.123 e. The van der Waals surface area contributed by atoms with Crippen LogP contribution >= 0.6 is 15.9 Å². The standard InChI is InChI=1S/C17H27BrFNO/c1-6-9-20-15(16(21-5)17(2,3)4)11-12-10-13(19)7-8-14(12)18/h7-8,10,15-16,20H,6,9,11H2,1-5H3. The third kappa shape index (κ3) is 5.68. The van der Waals surface area contributed by atoms with Crippen LogP contribution in [0.4, 0.5) is 4.39 Å². The molecule has 120 valence electrons. The highest BCUT2D eigenvalue weighted by atomic mass is 79.9. The molecule has 1 rings (SSSR count). The van der Waals surface area contributed by atoms with Crippen molar-refractivity contribution in [2.75, 3.05) is 13.7 Å². The molecule has 0 radical (unpaired) electrons. The summed E-state index contributed by atoms with van der Waals surface area (Å²) in [7, 11) is 1.75. The minimum Gasteiger partial charge on any atom is -0.379 e. The van der Waals surface area contributed by atoms with Gasteiger partial charge in [-0.3, -0.25) is 0 Å². The van der Waals surface area contributed by atoms with E-state index in [-0.39, 0.29) is 23.4 Å². The van der Waals surface area contributed by atoms with Crippen LogP contribution in [0.2, 0.25) is 0 Å². The summed E-state index contributed by atoms with van der Waals surface area (Å²) in [5.41, 5.74) is 0.981. The topological polar surface area (TPSA) is 21.3 Å². The first-order valence-electron chi connectivity index (χ1n) is 7.49. The molecule has 0 aliphatic rings. The van der Waals surface area contributed by atoms with Gasteiger partial charge in [-0.15, -0.1) is 0 Å². The Morgan fingerprint density at radius 2 is 2.00 bits per heavy atom. The second-order valence-electron chi connectivity index (χ2n) is 6.52. The fraction of sp³-hybridized carbons (Fsp3) is 0.647. The molecule has 0 amide bonds. The van der Waals surface area contributed by atoms with Crippen molar-refractivity contribution in [1.29, 1.82) is 0 Å². The van der Waals surface area contributed by atoms with Gasteiger partial charge in [-0.2, -0.15) is 0 Å². The van der Waals surface area contributed by atoms with Crippen LogP contribution in [0.1, 0.15) is 39.7 Å². The Labute approximate surface area is 136 Å². The molecule has 0 spiro atoms. The number of benzene rings is 1. The maximum Gasteiger partial charge on any atom is 0.123 e. The summed E-state index contributed by atoms with van der Waals surface area (Å²) in [5, 5.41) is 3.55. The van der Waals surface area contributed by atoms with Crippen LogP contribution in [-0.2, 0) is 11.2 Å². The minimum atomic E-state index is -0.202. The van der Waals surface area contributed by atoms with Gasteiger partial charge in [-0.1, -0.05) is 43.6 Å². The number of rotatable bonds is 7. The molecule has 0 heterocycles. The zero-order valence-corrected chi connectivity index (χ0v) is 15.3. The van der Waals surface area contributed by atoms with Gasteiger partial charge in [-0.05, 0) is 48.6 Å². The van der Waals surface area contributed by atoms with Crippen LogP contribution in [0.5, 0.6) is 0 Å². The monoisotopic (exact) mass is 359 g/mol. The van der Waals surface area contributed by atoms with Gasteiger partial charge in [0.05, 0.1) is 6.10 Å². The zero-order chi connectivity index (χ0) is 16.0. The first-order valence-corrected chi connectivity index (χ1v) is 8.29. The maximum atomic E-state index is 13.5. The molecular formula is C17H27BrFNO. The van der Waals surface area contributed by atoms with Gasteiger partial charge in [-0.25, -0.2) is 4.39 Å². The summed E-state index contributed by atoms with van der Waals surface area (Å²) in [6.45, 7) is 9.57. The van der Waals surface area contributed by atoms with E-state index in [0.29, 0.717) is 0 Å². The molecule has 1 aromatic carbocycles. The van der Waals surface area contributed by atoms with Crippen LogP contribution in [0.15, 0.2) is 22.7 Å². The maximum absolute atomic E-state index is 13.5. The Balaban J connectivity index is 2.99. The average Bonchev–Trinajstić information content (AvgIpc) is 2.39. The molecule has 21 heavy (non-hydrogen) atoms. The lowest BCUT2D eigenvalue weighted by Crippen LogP contribution is -2.49. The van der Waals surface area contributed by atoms with Crippen LogP contribution in [0.25, 0.3) is 0 Å². The number of ether oxygens (including phenoxy) is 1. The van der Waals surface area contributed by atoms with E-state index in [2.05, 4.69) is 48.9 Å². The van der Waals surface area contributed by atoms with Gasteiger partial charge in [0, 0.05) is 17.6 Å². The highest BCUT2D eigenvalue weighted by Gasteiger charge is 2.32. The van der Waals surface area contributed by atoms with Crippen molar-refractivity contribution in [3.63, 3.8) is 0 Å². The Kier molecular flexibility index (Phi) is 7.31. The van der Waals surface area contributed by atoms with Crippen LogP contribution < -0.4 is 5.32 Å². The molecule has 2 atom stereocenters. The predicted octanol–water partition coefficient (Wildman–Crippen LogP) is 4.56. The number of nitrogens with one attached hydrogen (secondary N) is 1. The quantitative estimate of drug-likeness (QED) is 0.770. The summed E-state index contributed by atoms with van der Waals surface area (Å²) >= 11 is 3.51. The summed E-state index contributed by atoms with van der Waals surface area (Å²) in [6, 6.07) is 4.98. The van der Waals surface area contributed by atoms with Crippen LogP contribution in [-0.4, -0.2) is 25.8 Å². The van der Waals surface area contributed by atoms with Crippen molar-refractivity contribution in [1.82, 2.24) is 5.32 Å². The molecule has 1 aromatic rings. The van der Waals surface area contributed by atoms with Crippen LogP contribution in [0, 0.1) is 11.2 Å². The van der Waals surface area contributed by atoms with Gasteiger partial charge in [0.2, 0.25) is 0 Å². The summed E-state index contributed by atoms with van der Waals surface area (Å²) in [4.78, 5) is 0. The molecule has 0 aliphatic carbocycles. The van der Waals surface area contributed by atoms with Crippen molar-refractivity contribution >= 4 is 15.9 Å². The molecule has 2 unspecified atom stereocenters. The zero-order valence-electron chi connectivity index (χ0n) is 13.7. The molecule has 4 heteroatoms. The molecule has 2 nitrogen and oxygen atoms in total. The molecule has 0 saturated carbocycles. The van der Waals surface area contributed by atoms with Gasteiger partial charge < -0.3 is 10.1 Å². The lowest BCUT2D eigenvalue weighted by atomic mass is 9.82. The minimum absolute atomic E-state index is 0.0138. The lowest BCUT2D eigenvalue weighted by molar-refractivity contribution is -0.0110. The summed E-state index contributed by atoms with van der Waals surface area (Å²) in [5.74, 6) is -0.202. The molecule has 0 saturated heterocycles. The second-order valence-corrected chi connectivity index (χ2v) is 7.38. The van der Waals surface area contributed by atoms with Gasteiger partial charge >= 0.3 is 0 Å². The Morgan fingerprint density at radius 3 is 2.52 bits per heavy atom. The van der Waals surface area contributed by atoms with E-state index in [1.807, 2.05) is 0 Å². The molecule has 0 aliphatic heterocycles. The van der Waals surface area contributed by atoms with Crippen molar-refractivity contribution in [2.45, 2.75) is 52.7 Å². The second kappa shape index (κ2) is 8.25. The molecule has 0 bridgehead atoms. The Bertz CT molecular complexity index is 445. The van der Waals surface area contributed by atoms with Gasteiger partial charge in [0.25, 0.3) is 0 Å². The predicted molar refractivity (Wildman–Crippen MR) is 90.1 cm³/mol. The highest BCUT2D eigenvalue weighted by Crippen LogP contribution is 2.28. The van der Waals surface area contributed by atoms with Crippen molar-refractivity contribution in [2.24, 2.45) is 5.41 Å². The number of halogens is 2. The SMILES string of the molecule is CCCNC(Cc1cc(F)ccc1Br)C(OC)C(C)(C)C. The molecule has 0 aromatic heterocycles. The fourth-order valence-electron chi connectivity index (χ4n) is 2.67. The fourth-order valence-corrected chi connectivity index (χ4v) is 3.08. The van der Waals surface area contributed by atoms with Crippen molar-refractivity contribution in [3.8, 4) is 0 Å². The van der Waals surface area contributed by atoms with E-state index in [1.165, 1.54) is 6.07 Å². The lowest BCUT2D eigenvalue weighted by Gasteiger charge is -2.37. The van der Waals surface area contributed by atoms with Crippen molar-refractivity contribution < 1.29 is 9.13 Å². The van der Waals surface area contributed by atoms with E-state index in [9.17, 15) is 4.39 Å². The van der Waals surface area contributed by atoms with Gasteiger partial charge in [0.1, 0.15) is 5.82 Å². The van der Waals surface area contributed by atoms with Gasteiger partial charge in [0.15, 0.2) is 0 Å². The Morgan fingerprint density at radius 1 is 1.33 bits per heavy atom. The molecular weight excluding hydrogens is 333 g/mol.